The maximum atomic E-state index is 11.8. The van der Waals surface area contributed by atoms with Gasteiger partial charge in [0.2, 0.25) is 0 Å². The van der Waals surface area contributed by atoms with E-state index in [1.54, 1.807) is 6.26 Å². The highest BCUT2D eigenvalue weighted by Crippen LogP contribution is 2.43. The van der Waals surface area contributed by atoms with Crippen LogP contribution in [0.1, 0.15) is 90.4 Å². The molecule has 32 heavy (non-hydrogen) atoms. The third kappa shape index (κ3) is 24.2. The van der Waals surface area contributed by atoms with Crippen LogP contribution in [0.4, 0.5) is 0 Å². The number of ether oxygens (including phenoxy) is 1. The van der Waals surface area contributed by atoms with Crippen molar-refractivity contribution in [1.82, 2.24) is 0 Å². The molecule has 7 nitrogen and oxygen atoms in total. The zero-order chi connectivity index (χ0) is 24.1. The van der Waals surface area contributed by atoms with Gasteiger partial charge in [0.1, 0.15) is 25.9 Å². The molecule has 0 fully saturated rings. The standard InChI is InChI=1S/C24H50NO6P/c1-5-6-7-8-9-10-11-12-13-14-15-16-17-18-20-29-22-24(26)23-31-32(27,28)30-21-19-25(2,3)4/h18,20,24,26H,5-17,19,21-23H2,1-4H3/p+1/b20-18-/t24-/m1/s1. The average Bonchev–Trinajstić information content (AvgIpc) is 2.71. The molecule has 0 aromatic rings. The van der Waals surface area contributed by atoms with Gasteiger partial charge in [-0.05, 0) is 18.9 Å². The van der Waals surface area contributed by atoms with E-state index in [1.807, 2.05) is 27.2 Å². The van der Waals surface area contributed by atoms with Crippen molar-refractivity contribution in [3.05, 3.63) is 12.3 Å². The summed E-state index contributed by atoms with van der Waals surface area (Å²) < 4.78 is 27.4. The first-order chi connectivity index (χ1) is 15.2. The zero-order valence-corrected chi connectivity index (χ0v) is 22.1. The molecule has 1 unspecified atom stereocenters. The normalized spacial score (nSPS) is 15.2. The second kappa shape index (κ2) is 20.0. The number of nitrogens with zero attached hydrogens (tertiary/aromatic N) is 1. The van der Waals surface area contributed by atoms with Gasteiger partial charge in [-0.2, -0.15) is 0 Å². The quantitative estimate of drug-likeness (QED) is 0.0831. The van der Waals surface area contributed by atoms with Crippen LogP contribution in [0, 0.1) is 0 Å². The van der Waals surface area contributed by atoms with E-state index in [0.29, 0.717) is 11.0 Å². The number of phosphoric ester groups is 1. The Kier molecular flexibility index (Phi) is 19.7. The van der Waals surface area contributed by atoms with Crippen LogP contribution in [0.25, 0.3) is 0 Å². The van der Waals surface area contributed by atoms with Crippen LogP contribution in [-0.2, 0) is 18.3 Å². The van der Waals surface area contributed by atoms with Gasteiger partial charge in [0, 0.05) is 0 Å². The van der Waals surface area contributed by atoms with Crippen molar-refractivity contribution in [3.63, 3.8) is 0 Å². The largest absolute Gasteiger partial charge is 0.499 e. The molecular formula is C24H51NO6P+. The van der Waals surface area contributed by atoms with Crippen molar-refractivity contribution in [1.29, 1.82) is 0 Å². The lowest BCUT2D eigenvalue weighted by Crippen LogP contribution is -2.37. The molecule has 2 N–H and O–H groups in total. The van der Waals surface area contributed by atoms with Crippen LogP contribution in [0.2, 0.25) is 0 Å². The summed E-state index contributed by atoms with van der Waals surface area (Å²) in [7, 11) is 1.72. The van der Waals surface area contributed by atoms with Crippen molar-refractivity contribution < 1.29 is 32.8 Å². The molecule has 8 heteroatoms. The summed E-state index contributed by atoms with van der Waals surface area (Å²) in [6, 6.07) is 0. The predicted molar refractivity (Wildman–Crippen MR) is 131 cm³/mol. The van der Waals surface area contributed by atoms with E-state index in [4.69, 9.17) is 13.8 Å². The number of hydrogen-bond acceptors (Lipinski definition) is 5. The molecular weight excluding hydrogens is 429 g/mol. The lowest BCUT2D eigenvalue weighted by Gasteiger charge is -2.24. The van der Waals surface area contributed by atoms with Gasteiger partial charge >= 0.3 is 7.82 Å². The van der Waals surface area contributed by atoms with Gasteiger partial charge in [-0.3, -0.25) is 9.05 Å². The average molecular weight is 481 g/mol. The van der Waals surface area contributed by atoms with E-state index in [9.17, 15) is 14.6 Å². The SMILES string of the molecule is CCCCCCCCCCCCCC/C=C\OC[C@@H](O)COP(=O)(O)OCC[N+](C)(C)C. The topological polar surface area (TPSA) is 85.2 Å². The lowest BCUT2D eigenvalue weighted by molar-refractivity contribution is -0.870. The molecule has 0 aliphatic rings. The van der Waals surface area contributed by atoms with E-state index >= 15 is 0 Å². The molecule has 0 aromatic carbocycles. The Morgan fingerprint density at radius 3 is 1.91 bits per heavy atom. The number of hydrogen-bond donors (Lipinski definition) is 2. The van der Waals surface area contributed by atoms with Crippen LogP contribution in [0.5, 0.6) is 0 Å². The van der Waals surface area contributed by atoms with Crippen molar-refractivity contribution >= 4 is 7.82 Å². The van der Waals surface area contributed by atoms with Crippen LogP contribution in [-0.4, -0.2) is 68.1 Å². The maximum Gasteiger partial charge on any atom is 0.472 e. The van der Waals surface area contributed by atoms with Crippen LogP contribution < -0.4 is 0 Å². The Morgan fingerprint density at radius 1 is 0.844 bits per heavy atom. The molecule has 192 valence electrons. The van der Waals surface area contributed by atoms with Gasteiger partial charge in [0.15, 0.2) is 0 Å². The van der Waals surface area contributed by atoms with E-state index in [-0.39, 0.29) is 19.8 Å². The Hall–Kier alpha value is -0.430. The highest BCUT2D eigenvalue weighted by Gasteiger charge is 2.24. The minimum atomic E-state index is -4.15. The summed E-state index contributed by atoms with van der Waals surface area (Å²) in [5, 5.41) is 9.81. The van der Waals surface area contributed by atoms with Gasteiger partial charge in [0.25, 0.3) is 0 Å². The van der Waals surface area contributed by atoms with E-state index < -0.39 is 13.9 Å². The second-order valence-corrected chi connectivity index (χ2v) is 11.1. The first kappa shape index (κ1) is 31.6. The van der Waals surface area contributed by atoms with Crippen LogP contribution in [0.15, 0.2) is 12.3 Å². The molecule has 0 bridgehead atoms. The summed E-state index contributed by atoms with van der Waals surface area (Å²) >= 11 is 0. The number of quaternary nitrogens is 1. The first-order valence-electron chi connectivity index (χ1n) is 12.5. The second-order valence-electron chi connectivity index (χ2n) is 9.65. The monoisotopic (exact) mass is 480 g/mol. The van der Waals surface area contributed by atoms with E-state index in [1.165, 1.54) is 70.6 Å². The number of unbranched alkanes of at least 4 members (excludes halogenated alkanes) is 12. The summed E-state index contributed by atoms with van der Waals surface area (Å²) in [4.78, 5) is 9.61. The zero-order valence-electron chi connectivity index (χ0n) is 21.2. The van der Waals surface area contributed by atoms with Crippen molar-refractivity contribution in [2.75, 3.05) is 47.5 Å². The number of rotatable bonds is 23. The summed E-state index contributed by atoms with van der Waals surface area (Å²) in [6.07, 6.45) is 19.5. The molecule has 0 radical (unpaired) electrons. The molecule has 2 atom stereocenters. The minimum Gasteiger partial charge on any atom is -0.499 e. The van der Waals surface area contributed by atoms with Gasteiger partial charge in [-0.25, -0.2) is 4.57 Å². The third-order valence-corrected chi connectivity index (χ3v) is 6.14. The third-order valence-electron chi connectivity index (χ3n) is 5.15. The molecule has 0 saturated heterocycles. The molecule has 0 aliphatic carbocycles. The fourth-order valence-electron chi connectivity index (χ4n) is 3.10. The molecule has 0 saturated carbocycles. The van der Waals surface area contributed by atoms with Gasteiger partial charge < -0.3 is 19.2 Å². The van der Waals surface area contributed by atoms with Gasteiger partial charge in [-0.15, -0.1) is 0 Å². The predicted octanol–water partition coefficient (Wildman–Crippen LogP) is 5.81. The fourth-order valence-corrected chi connectivity index (χ4v) is 3.85. The Morgan fingerprint density at radius 2 is 1.38 bits per heavy atom. The van der Waals surface area contributed by atoms with Crippen molar-refractivity contribution in [2.24, 2.45) is 0 Å². The molecule has 0 spiro atoms. The molecule has 0 rings (SSSR count). The van der Waals surface area contributed by atoms with Gasteiger partial charge in [0.05, 0.1) is 34.0 Å². The van der Waals surface area contributed by atoms with Crippen molar-refractivity contribution in [2.45, 2.75) is 96.5 Å². The Balaban J connectivity index is 3.50. The molecule has 0 aromatic heterocycles. The number of allylic oxidation sites excluding steroid dienone is 1. The minimum absolute atomic E-state index is 0.00776. The Bertz CT molecular complexity index is 495. The summed E-state index contributed by atoms with van der Waals surface area (Å²) in [5.41, 5.74) is 0. The number of phosphoric acid groups is 1. The molecule has 0 heterocycles. The fraction of sp³-hybridized carbons (Fsp3) is 0.917. The summed E-state index contributed by atoms with van der Waals surface area (Å²) in [6.45, 7) is 2.63. The Labute approximate surface area is 197 Å². The van der Waals surface area contributed by atoms with Gasteiger partial charge in [-0.1, -0.05) is 77.6 Å². The number of likely N-dealkylation sites (N-methyl/N-ethyl adjacent to an activating group) is 1. The highest BCUT2D eigenvalue weighted by atomic mass is 31.2. The highest BCUT2D eigenvalue weighted by molar-refractivity contribution is 7.47. The smallest absolute Gasteiger partial charge is 0.472 e. The van der Waals surface area contributed by atoms with Crippen LogP contribution in [0.3, 0.4) is 0 Å². The first-order valence-corrected chi connectivity index (χ1v) is 14.0. The number of aliphatic hydroxyl groups excluding tert-OH is 1. The molecule has 0 aliphatic heterocycles. The van der Waals surface area contributed by atoms with Crippen molar-refractivity contribution in [3.8, 4) is 0 Å². The summed E-state index contributed by atoms with van der Waals surface area (Å²) in [5.74, 6) is 0. The van der Waals surface area contributed by atoms with E-state index in [0.717, 1.165) is 12.8 Å². The van der Waals surface area contributed by atoms with Crippen LogP contribution >= 0.6 is 7.82 Å². The molecule has 0 amide bonds. The maximum absolute atomic E-state index is 11.8. The van der Waals surface area contributed by atoms with E-state index in [2.05, 4.69) is 6.92 Å². The lowest BCUT2D eigenvalue weighted by atomic mass is 10.0. The number of aliphatic hydroxyl groups is 1.